The van der Waals surface area contributed by atoms with E-state index in [1.54, 1.807) is 6.08 Å². The van der Waals surface area contributed by atoms with Crippen molar-refractivity contribution in [2.75, 3.05) is 6.61 Å². The Morgan fingerprint density at radius 3 is 2.68 bits per heavy atom. The lowest BCUT2D eigenvalue weighted by Gasteiger charge is -2.26. The van der Waals surface area contributed by atoms with Gasteiger partial charge in [0.1, 0.15) is 18.8 Å². The molecule has 3 atom stereocenters. The van der Waals surface area contributed by atoms with Crippen LogP contribution in [-0.4, -0.2) is 36.7 Å². The highest BCUT2D eigenvalue weighted by Gasteiger charge is 2.44. The lowest BCUT2D eigenvalue weighted by Crippen LogP contribution is -2.32. The number of carbonyl (C=O) groups is 3. The van der Waals surface area contributed by atoms with Crippen LogP contribution < -0.4 is 0 Å². The van der Waals surface area contributed by atoms with Gasteiger partial charge < -0.3 is 14.2 Å². The second kappa shape index (κ2) is 8.14. The molecule has 1 fully saturated rings. The largest absolute Gasteiger partial charge is 0.461 e. The van der Waals surface area contributed by atoms with Gasteiger partial charge >= 0.3 is 17.9 Å². The predicted octanol–water partition coefficient (Wildman–Crippen LogP) is 2.64. The molecule has 0 aromatic carbocycles. The monoisotopic (exact) mass is 348 g/mol. The third-order valence-electron chi connectivity index (χ3n) is 4.32. The molecule has 0 aromatic rings. The number of hydrogen-bond donors (Lipinski definition) is 0. The Bertz CT molecular complexity index is 642. The third kappa shape index (κ3) is 5.05. The summed E-state index contributed by atoms with van der Waals surface area (Å²) in [5.41, 5.74) is 2.22. The van der Waals surface area contributed by atoms with E-state index >= 15 is 0 Å². The molecule has 0 N–H and O–H groups in total. The molecule has 1 heterocycles. The van der Waals surface area contributed by atoms with Crippen LogP contribution >= 0.6 is 0 Å². The van der Waals surface area contributed by atoms with Crippen LogP contribution in [0.2, 0.25) is 0 Å². The highest BCUT2D eigenvalue weighted by molar-refractivity contribution is 5.91. The van der Waals surface area contributed by atoms with Gasteiger partial charge in [0.15, 0.2) is 0 Å². The molecule has 2 rings (SSSR count). The van der Waals surface area contributed by atoms with E-state index in [-0.39, 0.29) is 12.6 Å². The van der Waals surface area contributed by atoms with Crippen molar-refractivity contribution in [1.82, 2.24) is 0 Å². The van der Waals surface area contributed by atoms with E-state index in [1.165, 1.54) is 13.8 Å². The van der Waals surface area contributed by atoms with Crippen molar-refractivity contribution in [3.63, 3.8) is 0 Å². The Kier molecular flexibility index (Phi) is 6.17. The summed E-state index contributed by atoms with van der Waals surface area (Å²) in [4.78, 5) is 34.7. The van der Waals surface area contributed by atoms with Gasteiger partial charge in [-0.3, -0.25) is 9.59 Å². The van der Waals surface area contributed by atoms with E-state index < -0.39 is 30.1 Å². The van der Waals surface area contributed by atoms with Crippen LogP contribution in [0.25, 0.3) is 0 Å². The zero-order valence-electron chi connectivity index (χ0n) is 14.9. The summed E-state index contributed by atoms with van der Waals surface area (Å²) in [7, 11) is 0. The fraction of sp³-hybridized carbons (Fsp3) is 0.526. The van der Waals surface area contributed by atoms with E-state index in [2.05, 4.69) is 12.7 Å². The highest BCUT2D eigenvalue weighted by atomic mass is 16.6. The van der Waals surface area contributed by atoms with Gasteiger partial charge in [-0.05, 0) is 31.4 Å². The maximum absolute atomic E-state index is 12.0. The van der Waals surface area contributed by atoms with Crippen molar-refractivity contribution in [3.05, 3.63) is 35.5 Å². The summed E-state index contributed by atoms with van der Waals surface area (Å²) < 4.78 is 16.0. The smallest absolute Gasteiger partial charge is 0.334 e. The van der Waals surface area contributed by atoms with Crippen molar-refractivity contribution < 1.29 is 28.6 Å². The number of esters is 3. The Morgan fingerprint density at radius 1 is 1.32 bits per heavy atom. The zero-order chi connectivity index (χ0) is 18.6. The van der Waals surface area contributed by atoms with Gasteiger partial charge in [0.05, 0.1) is 5.92 Å². The van der Waals surface area contributed by atoms with Crippen LogP contribution in [-0.2, 0) is 28.6 Å². The van der Waals surface area contributed by atoms with Crippen molar-refractivity contribution in [1.29, 1.82) is 0 Å². The SMILES string of the molecule is C=C1C(=O)O[C@H]2C/C(C)=C/CC/C(COC(C)=O)=C/[C@@H](OC(C)=O)[C@H]12. The van der Waals surface area contributed by atoms with E-state index in [0.717, 1.165) is 17.6 Å². The zero-order valence-corrected chi connectivity index (χ0v) is 14.9. The number of allylic oxidation sites excluding steroid dienone is 1. The lowest BCUT2D eigenvalue weighted by atomic mass is 9.85. The number of hydrogen-bond acceptors (Lipinski definition) is 6. The average molecular weight is 348 g/mol. The summed E-state index contributed by atoms with van der Waals surface area (Å²) >= 11 is 0. The van der Waals surface area contributed by atoms with Gasteiger partial charge in [0.2, 0.25) is 0 Å². The molecule has 1 aliphatic heterocycles. The van der Waals surface area contributed by atoms with Crippen LogP contribution in [0.15, 0.2) is 35.5 Å². The van der Waals surface area contributed by atoms with Crippen LogP contribution in [0.5, 0.6) is 0 Å². The van der Waals surface area contributed by atoms with Crippen LogP contribution in [0.1, 0.15) is 40.0 Å². The molecular weight excluding hydrogens is 324 g/mol. The van der Waals surface area contributed by atoms with Crippen LogP contribution in [0.3, 0.4) is 0 Å². The molecule has 0 aromatic heterocycles. The predicted molar refractivity (Wildman–Crippen MR) is 90.4 cm³/mol. The molecule has 25 heavy (non-hydrogen) atoms. The molecule has 0 spiro atoms. The van der Waals surface area contributed by atoms with Gasteiger partial charge in [0, 0.05) is 25.8 Å². The van der Waals surface area contributed by atoms with Crippen molar-refractivity contribution in [2.24, 2.45) is 5.92 Å². The van der Waals surface area contributed by atoms with Crippen LogP contribution in [0, 0.1) is 5.92 Å². The minimum atomic E-state index is -0.682. The van der Waals surface area contributed by atoms with Gasteiger partial charge in [-0.1, -0.05) is 18.2 Å². The first-order valence-corrected chi connectivity index (χ1v) is 8.33. The molecule has 0 radical (unpaired) electrons. The van der Waals surface area contributed by atoms with E-state index in [0.29, 0.717) is 18.4 Å². The Hall–Kier alpha value is -2.37. The van der Waals surface area contributed by atoms with E-state index in [1.807, 2.05) is 6.92 Å². The first-order chi connectivity index (χ1) is 11.8. The summed E-state index contributed by atoms with van der Waals surface area (Å²) in [5, 5.41) is 0. The lowest BCUT2D eigenvalue weighted by molar-refractivity contribution is -0.147. The fourth-order valence-corrected chi connectivity index (χ4v) is 3.16. The molecule has 0 saturated carbocycles. The molecular formula is C19H24O6. The third-order valence-corrected chi connectivity index (χ3v) is 4.32. The molecule has 0 unspecified atom stereocenters. The molecule has 6 nitrogen and oxygen atoms in total. The number of ether oxygens (including phenoxy) is 3. The summed E-state index contributed by atoms with van der Waals surface area (Å²) in [6, 6.07) is 0. The standard InChI is InChI=1S/C19H24O6/c1-11-6-5-7-15(10-23-13(3)20)9-17(24-14(4)21)18-12(2)19(22)25-16(18)8-11/h6,9,16-18H,2,5,7-8,10H2,1,3-4H3/b11-6+,15-9-/t16-,17+,18+/m0/s1. The van der Waals surface area contributed by atoms with E-state index in [4.69, 9.17) is 14.2 Å². The Morgan fingerprint density at radius 2 is 2.04 bits per heavy atom. The number of rotatable bonds is 3. The van der Waals surface area contributed by atoms with Gasteiger partial charge in [0.25, 0.3) is 0 Å². The van der Waals surface area contributed by atoms with Gasteiger partial charge in [-0.25, -0.2) is 4.79 Å². The Labute approximate surface area is 147 Å². The second-order valence-corrected chi connectivity index (χ2v) is 6.47. The number of fused-ring (bicyclic) bond motifs is 1. The van der Waals surface area contributed by atoms with Crippen LogP contribution in [0.4, 0.5) is 0 Å². The quantitative estimate of drug-likeness (QED) is 0.338. The summed E-state index contributed by atoms with van der Waals surface area (Å²) in [5.74, 6) is -1.75. The maximum Gasteiger partial charge on any atom is 0.334 e. The molecule has 136 valence electrons. The molecule has 0 amide bonds. The molecule has 1 aliphatic carbocycles. The average Bonchev–Trinajstić information content (AvgIpc) is 2.77. The maximum atomic E-state index is 12.0. The minimum Gasteiger partial charge on any atom is -0.461 e. The van der Waals surface area contributed by atoms with Gasteiger partial charge in [-0.2, -0.15) is 0 Å². The Balaban J connectivity index is 2.39. The van der Waals surface area contributed by atoms with Gasteiger partial charge in [-0.15, -0.1) is 0 Å². The molecule has 1 saturated heterocycles. The first-order valence-electron chi connectivity index (χ1n) is 8.33. The minimum absolute atomic E-state index is 0.124. The van der Waals surface area contributed by atoms with Crippen molar-refractivity contribution in [2.45, 2.75) is 52.2 Å². The molecule has 0 bridgehead atoms. The normalized spacial score (nSPS) is 30.9. The van der Waals surface area contributed by atoms with Crippen molar-refractivity contribution in [3.8, 4) is 0 Å². The summed E-state index contributed by atoms with van der Waals surface area (Å²) in [6.45, 7) is 8.59. The van der Waals surface area contributed by atoms with Crippen molar-refractivity contribution >= 4 is 17.9 Å². The second-order valence-electron chi connectivity index (χ2n) is 6.47. The van der Waals surface area contributed by atoms with E-state index in [9.17, 15) is 14.4 Å². The first kappa shape index (κ1) is 19.0. The topological polar surface area (TPSA) is 78.9 Å². The summed E-state index contributed by atoms with van der Waals surface area (Å²) in [6.07, 6.45) is 4.74. The highest BCUT2D eigenvalue weighted by Crippen LogP contribution is 2.36. The molecule has 6 heteroatoms. The number of carbonyl (C=O) groups excluding carboxylic acids is 3. The fourth-order valence-electron chi connectivity index (χ4n) is 3.16. The molecule has 2 aliphatic rings.